The third-order valence-electron chi connectivity index (χ3n) is 3.39. The van der Waals surface area contributed by atoms with Gasteiger partial charge in [-0.25, -0.2) is 0 Å². The number of benzene rings is 1. The average Bonchev–Trinajstić information content (AvgIpc) is 3.04. The van der Waals surface area contributed by atoms with Gasteiger partial charge in [0.2, 0.25) is 0 Å². The van der Waals surface area contributed by atoms with Crippen LogP contribution in [0.15, 0.2) is 41.8 Å². The quantitative estimate of drug-likeness (QED) is 0.563. The van der Waals surface area contributed by atoms with Crippen LogP contribution >= 0.6 is 11.3 Å². The van der Waals surface area contributed by atoms with Crippen molar-refractivity contribution in [1.82, 2.24) is 5.32 Å². The zero-order valence-corrected chi connectivity index (χ0v) is 13.5. The third kappa shape index (κ3) is 5.17. The van der Waals surface area contributed by atoms with Crippen LogP contribution in [0.3, 0.4) is 0 Å². The van der Waals surface area contributed by atoms with Crippen LogP contribution in [0.1, 0.15) is 28.8 Å². The molecule has 0 saturated heterocycles. The fourth-order valence-electron chi connectivity index (χ4n) is 2.23. The van der Waals surface area contributed by atoms with Crippen molar-refractivity contribution in [3.63, 3.8) is 0 Å². The monoisotopic (exact) mass is 348 g/mol. The molecule has 2 aromatic rings. The lowest BCUT2D eigenvalue weighted by molar-refractivity contribution is -0.380. The second-order valence-corrected chi connectivity index (χ2v) is 6.11. The van der Waals surface area contributed by atoms with Crippen LogP contribution in [0.25, 0.3) is 0 Å². The number of rotatable bonds is 8. The zero-order valence-electron chi connectivity index (χ0n) is 12.7. The molecule has 0 saturated carbocycles. The molecule has 1 heterocycles. The van der Waals surface area contributed by atoms with Crippen LogP contribution in [0.2, 0.25) is 0 Å². The second-order valence-electron chi connectivity index (χ2n) is 5.22. The average molecular weight is 348 g/mol. The van der Waals surface area contributed by atoms with Crippen LogP contribution in [-0.4, -0.2) is 27.9 Å². The van der Waals surface area contributed by atoms with Gasteiger partial charge in [-0.05, 0) is 18.4 Å². The van der Waals surface area contributed by atoms with Crippen molar-refractivity contribution in [1.29, 1.82) is 0 Å². The SMILES string of the molecule is O=C(O)CCC(Cc1ccccc1)NC(=O)c1csc([N+](=O)[O-])c1. The molecule has 2 N–H and O–H groups in total. The fourth-order valence-corrected chi connectivity index (χ4v) is 2.93. The van der Waals surface area contributed by atoms with Gasteiger partial charge in [0, 0.05) is 23.9 Å². The molecule has 1 atom stereocenters. The number of thiophene rings is 1. The number of nitro groups is 1. The summed E-state index contributed by atoms with van der Waals surface area (Å²) in [5.41, 5.74) is 1.18. The summed E-state index contributed by atoms with van der Waals surface area (Å²) in [6.45, 7) is 0. The van der Waals surface area contributed by atoms with E-state index in [9.17, 15) is 19.7 Å². The van der Waals surface area contributed by atoms with Crippen molar-refractivity contribution in [2.45, 2.75) is 25.3 Å². The minimum Gasteiger partial charge on any atom is -0.481 e. The van der Waals surface area contributed by atoms with Crippen molar-refractivity contribution in [2.24, 2.45) is 0 Å². The molecule has 1 unspecified atom stereocenters. The molecule has 2 rings (SSSR count). The molecule has 0 fully saturated rings. The molecule has 1 aromatic heterocycles. The Morgan fingerprint density at radius 2 is 2.00 bits per heavy atom. The van der Waals surface area contributed by atoms with E-state index in [0.29, 0.717) is 6.42 Å². The molecule has 1 amide bonds. The molecular weight excluding hydrogens is 332 g/mol. The maximum atomic E-state index is 12.3. The van der Waals surface area contributed by atoms with Gasteiger partial charge < -0.3 is 10.4 Å². The number of amides is 1. The highest BCUT2D eigenvalue weighted by molar-refractivity contribution is 7.13. The summed E-state index contributed by atoms with van der Waals surface area (Å²) in [5.74, 6) is -1.38. The van der Waals surface area contributed by atoms with Gasteiger partial charge >= 0.3 is 11.0 Å². The maximum absolute atomic E-state index is 12.3. The van der Waals surface area contributed by atoms with Gasteiger partial charge in [-0.1, -0.05) is 41.7 Å². The largest absolute Gasteiger partial charge is 0.481 e. The summed E-state index contributed by atoms with van der Waals surface area (Å²) >= 11 is 0.881. The second kappa shape index (κ2) is 8.21. The topological polar surface area (TPSA) is 110 Å². The number of aliphatic carboxylic acids is 1. The van der Waals surface area contributed by atoms with Crippen LogP contribution < -0.4 is 5.32 Å². The molecule has 126 valence electrons. The Kier molecular flexibility index (Phi) is 6.02. The Morgan fingerprint density at radius 1 is 1.29 bits per heavy atom. The van der Waals surface area contributed by atoms with Crippen molar-refractivity contribution in [2.75, 3.05) is 0 Å². The number of hydrogen-bond acceptors (Lipinski definition) is 5. The lowest BCUT2D eigenvalue weighted by Gasteiger charge is -2.18. The van der Waals surface area contributed by atoms with Crippen molar-refractivity contribution in [3.05, 3.63) is 63.0 Å². The summed E-state index contributed by atoms with van der Waals surface area (Å²) in [4.78, 5) is 33.2. The Balaban J connectivity index is 2.06. The Hall–Kier alpha value is -2.74. The van der Waals surface area contributed by atoms with Gasteiger partial charge in [0.25, 0.3) is 5.91 Å². The normalized spacial score (nSPS) is 11.7. The molecule has 0 aliphatic rings. The van der Waals surface area contributed by atoms with E-state index in [4.69, 9.17) is 5.11 Å². The molecule has 0 aliphatic heterocycles. The minimum absolute atomic E-state index is 0.0679. The lowest BCUT2D eigenvalue weighted by atomic mass is 10.0. The standard InChI is InChI=1S/C16H16N2O5S/c19-15(20)7-6-13(8-11-4-2-1-3-5-11)17-16(21)12-9-14(18(22)23)24-10-12/h1-5,9-10,13H,6-8H2,(H,17,21)(H,19,20). The van der Waals surface area contributed by atoms with E-state index in [-0.39, 0.29) is 29.4 Å². The van der Waals surface area contributed by atoms with Crippen molar-refractivity contribution < 1.29 is 19.6 Å². The predicted molar refractivity (Wildman–Crippen MR) is 89.2 cm³/mol. The maximum Gasteiger partial charge on any atom is 0.324 e. The van der Waals surface area contributed by atoms with E-state index in [1.165, 1.54) is 11.4 Å². The summed E-state index contributed by atoms with van der Waals surface area (Å²) in [6, 6.07) is 10.3. The smallest absolute Gasteiger partial charge is 0.324 e. The first kappa shape index (κ1) is 17.6. The highest BCUT2D eigenvalue weighted by Gasteiger charge is 2.19. The van der Waals surface area contributed by atoms with E-state index in [1.807, 2.05) is 30.3 Å². The van der Waals surface area contributed by atoms with E-state index >= 15 is 0 Å². The zero-order chi connectivity index (χ0) is 17.5. The number of carboxylic acids is 1. The third-order valence-corrected chi connectivity index (χ3v) is 4.27. The van der Waals surface area contributed by atoms with E-state index < -0.39 is 16.8 Å². The summed E-state index contributed by atoms with van der Waals surface area (Å²) < 4.78 is 0. The van der Waals surface area contributed by atoms with Crippen molar-refractivity contribution >= 4 is 28.2 Å². The lowest BCUT2D eigenvalue weighted by Crippen LogP contribution is -2.36. The molecule has 8 heteroatoms. The molecule has 0 aliphatic carbocycles. The van der Waals surface area contributed by atoms with Gasteiger partial charge in [-0.2, -0.15) is 0 Å². The molecular formula is C16H16N2O5S. The Bertz CT molecular complexity index is 729. The minimum atomic E-state index is -0.937. The summed E-state index contributed by atoms with van der Waals surface area (Å²) in [5, 5.41) is 23.6. The number of hydrogen-bond donors (Lipinski definition) is 2. The highest BCUT2D eigenvalue weighted by atomic mass is 32.1. The van der Waals surface area contributed by atoms with E-state index in [2.05, 4.69) is 5.32 Å². The molecule has 0 bridgehead atoms. The first-order valence-electron chi connectivity index (χ1n) is 7.25. The van der Waals surface area contributed by atoms with E-state index in [1.54, 1.807) is 0 Å². The molecule has 0 spiro atoms. The van der Waals surface area contributed by atoms with Crippen LogP contribution in [0.4, 0.5) is 5.00 Å². The highest BCUT2D eigenvalue weighted by Crippen LogP contribution is 2.22. The summed E-state index contributed by atoms with van der Waals surface area (Å²) in [6.07, 6.45) is 0.704. The van der Waals surface area contributed by atoms with Gasteiger partial charge in [0.15, 0.2) is 0 Å². The van der Waals surface area contributed by atoms with Gasteiger partial charge in [-0.15, -0.1) is 0 Å². The predicted octanol–water partition coefficient (Wildman–Crippen LogP) is 2.86. The molecule has 1 aromatic carbocycles. The Labute approximate surface area is 142 Å². The Morgan fingerprint density at radius 3 is 2.58 bits per heavy atom. The number of nitrogens with zero attached hydrogens (tertiary/aromatic N) is 1. The molecule has 0 radical (unpaired) electrons. The molecule has 24 heavy (non-hydrogen) atoms. The van der Waals surface area contributed by atoms with Crippen LogP contribution in [0.5, 0.6) is 0 Å². The fraction of sp³-hybridized carbons (Fsp3) is 0.250. The first-order chi connectivity index (χ1) is 11.5. The van der Waals surface area contributed by atoms with Crippen LogP contribution in [0, 0.1) is 10.1 Å². The van der Waals surface area contributed by atoms with Crippen molar-refractivity contribution in [3.8, 4) is 0 Å². The van der Waals surface area contributed by atoms with Gasteiger partial charge in [0.1, 0.15) is 0 Å². The van der Waals surface area contributed by atoms with Crippen LogP contribution in [-0.2, 0) is 11.2 Å². The molecule has 7 nitrogen and oxygen atoms in total. The van der Waals surface area contributed by atoms with Gasteiger partial charge in [-0.3, -0.25) is 19.7 Å². The first-order valence-corrected chi connectivity index (χ1v) is 8.13. The number of carbonyl (C=O) groups is 2. The summed E-state index contributed by atoms with van der Waals surface area (Å²) in [7, 11) is 0. The number of carbonyl (C=O) groups excluding carboxylic acids is 1. The number of nitrogens with one attached hydrogen (secondary N) is 1. The number of carboxylic acid groups (broad SMARTS) is 1. The van der Waals surface area contributed by atoms with Gasteiger partial charge in [0.05, 0.1) is 10.5 Å². The van der Waals surface area contributed by atoms with E-state index in [0.717, 1.165) is 16.9 Å².